The van der Waals surface area contributed by atoms with Crippen molar-refractivity contribution in [1.29, 1.82) is 0 Å². The first-order chi connectivity index (χ1) is 11.4. The van der Waals surface area contributed by atoms with E-state index in [-0.39, 0.29) is 16.1 Å². The van der Waals surface area contributed by atoms with Gasteiger partial charge in [0.15, 0.2) is 14.1 Å². The summed E-state index contributed by atoms with van der Waals surface area (Å²) in [6, 6.07) is 0. The molecule has 0 N–H and O–H groups in total. The average Bonchev–Trinajstić information content (AvgIpc) is 2.82. The number of ketones is 1. The lowest BCUT2D eigenvalue weighted by Crippen LogP contribution is -2.61. The zero-order valence-electron chi connectivity index (χ0n) is 17.6. The zero-order valence-corrected chi connectivity index (χ0v) is 18.6. The highest BCUT2D eigenvalue weighted by Gasteiger charge is 2.63. The molecule has 0 spiro atoms. The van der Waals surface area contributed by atoms with Gasteiger partial charge in [0.2, 0.25) is 0 Å². The predicted octanol–water partition coefficient (Wildman–Crippen LogP) is 6.42. The number of carbonyl (C=O) groups is 1. The molecular formula is C22H38O2Si. The van der Waals surface area contributed by atoms with Crippen LogP contribution in [0.5, 0.6) is 0 Å². The summed E-state index contributed by atoms with van der Waals surface area (Å²) < 4.78 is 7.35. The summed E-state index contributed by atoms with van der Waals surface area (Å²) in [5.41, 5.74) is 2.76. The van der Waals surface area contributed by atoms with Gasteiger partial charge in [0.1, 0.15) is 0 Å². The largest absolute Gasteiger partial charge is 0.410 e. The van der Waals surface area contributed by atoms with E-state index in [1.54, 1.807) is 6.92 Å². The first-order valence-electron chi connectivity index (χ1n) is 10.4. The van der Waals surface area contributed by atoms with E-state index < -0.39 is 8.32 Å². The first kappa shape index (κ1) is 19.4. The molecule has 2 saturated carbocycles. The molecule has 3 rings (SSSR count). The molecule has 3 aliphatic rings. The molecule has 3 aliphatic carbocycles. The van der Waals surface area contributed by atoms with E-state index in [4.69, 9.17) is 4.43 Å². The van der Waals surface area contributed by atoms with Crippen LogP contribution in [-0.2, 0) is 9.22 Å². The van der Waals surface area contributed by atoms with E-state index in [1.807, 2.05) is 0 Å². The van der Waals surface area contributed by atoms with Gasteiger partial charge in [0.05, 0.1) is 5.60 Å². The Balaban J connectivity index is 2.11. The van der Waals surface area contributed by atoms with Crippen molar-refractivity contribution < 1.29 is 9.22 Å². The molecule has 0 radical (unpaired) electrons. The number of hydrogen-bond acceptors (Lipinski definition) is 2. The minimum Gasteiger partial charge on any atom is -0.410 e. The summed E-state index contributed by atoms with van der Waals surface area (Å²) in [4.78, 5) is 12.4. The van der Waals surface area contributed by atoms with Crippen LogP contribution in [0.1, 0.15) is 86.0 Å². The molecule has 0 aromatic carbocycles. The Morgan fingerprint density at radius 3 is 2.44 bits per heavy atom. The summed E-state index contributed by atoms with van der Waals surface area (Å²) in [6.45, 7) is 16.1. The van der Waals surface area contributed by atoms with Crippen molar-refractivity contribution in [3.05, 3.63) is 11.1 Å². The number of hydrogen-bond donors (Lipinski definition) is 0. The van der Waals surface area contributed by atoms with Crippen LogP contribution in [0, 0.1) is 11.3 Å². The second-order valence-electron chi connectivity index (χ2n) is 10.7. The Kier molecular flexibility index (Phi) is 4.69. The van der Waals surface area contributed by atoms with Gasteiger partial charge in [-0.15, -0.1) is 0 Å². The Morgan fingerprint density at radius 1 is 1.16 bits per heavy atom. The highest BCUT2D eigenvalue weighted by molar-refractivity contribution is 6.74. The maximum absolute atomic E-state index is 12.4. The standard InChI is InChI=1S/C22H38O2Si/c1-16(23)18-15-21(5)13-10-14-22(21,19-12-9-8-11-17(18)19)24-25(6,7)20(2,3)4/h19H,8-15H2,1-7H3/t19-,21+,22+/m1/s1. The van der Waals surface area contributed by atoms with Gasteiger partial charge in [0.25, 0.3) is 0 Å². The molecule has 0 aromatic rings. The fourth-order valence-corrected chi connectivity index (χ4v) is 7.39. The summed E-state index contributed by atoms with van der Waals surface area (Å²) in [5, 5.41) is 0.227. The lowest BCUT2D eigenvalue weighted by atomic mass is 9.56. The van der Waals surface area contributed by atoms with Gasteiger partial charge in [-0.25, -0.2) is 0 Å². The van der Waals surface area contributed by atoms with E-state index in [2.05, 4.69) is 40.8 Å². The number of carbonyl (C=O) groups excluding carboxylic acids is 1. The molecule has 3 atom stereocenters. The van der Waals surface area contributed by atoms with E-state index in [0.29, 0.717) is 11.7 Å². The van der Waals surface area contributed by atoms with Crippen molar-refractivity contribution in [2.24, 2.45) is 11.3 Å². The van der Waals surface area contributed by atoms with Crippen LogP contribution in [0.2, 0.25) is 18.1 Å². The predicted molar refractivity (Wildman–Crippen MR) is 107 cm³/mol. The molecule has 0 unspecified atom stereocenters. The van der Waals surface area contributed by atoms with Crippen LogP contribution in [0.3, 0.4) is 0 Å². The van der Waals surface area contributed by atoms with Crippen molar-refractivity contribution in [3.63, 3.8) is 0 Å². The highest BCUT2D eigenvalue weighted by Crippen LogP contribution is 2.64. The molecule has 142 valence electrons. The topological polar surface area (TPSA) is 26.3 Å². The minimum atomic E-state index is -1.87. The van der Waals surface area contributed by atoms with Crippen LogP contribution in [0.25, 0.3) is 0 Å². The molecule has 0 aliphatic heterocycles. The Bertz CT molecular complexity index is 598. The van der Waals surface area contributed by atoms with Gasteiger partial charge < -0.3 is 4.43 Å². The molecule has 0 aromatic heterocycles. The minimum absolute atomic E-state index is 0.0231. The quantitative estimate of drug-likeness (QED) is 0.542. The lowest BCUT2D eigenvalue weighted by Gasteiger charge is -2.58. The van der Waals surface area contributed by atoms with Gasteiger partial charge in [-0.05, 0) is 75.6 Å². The van der Waals surface area contributed by atoms with E-state index in [1.165, 1.54) is 49.7 Å². The van der Waals surface area contributed by atoms with Crippen molar-refractivity contribution in [2.75, 3.05) is 0 Å². The third-order valence-corrected chi connectivity index (χ3v) is 12.6. The number of allylic oxidation sites excluding steroid dienone is 1. The third kappa shape index (κ3) is 2.90. The van der Waals surface area contributed by atoms with Crippen LogP contribution in [0.4, 0.5) is 0 Å². The van der Waals surface area contributed by atoms with E-state index in [0.717, 1.165) is 12.8 Å². The molecule has 0 bridgehead atoms. The Hall–Kier alpha value is -0.413. The van der Waals surface area contributed by atoms with Crippen molar-refractivity contribution >= 4 is 14.1 Å². The molecule has 2 nitrogen and oxygen atoms in total. The van der Waals surface area contributed by atoms with Crippen LogP contribution < -0.4 is 0 Å². The molecule has 2 fully saturated rings. The van der Waals surface area contributed by atoms with Gasteiger partial charge >= 0.3 is 0 Å². The fourth-order valence-electron chi connectivity index (χ4n) is 5.68. The van der Waals surface area contributed by atoms with Gasteiger partial charge in [-0.1, -0.05) is 39.7 Å². The highest BCUT2D eigenvalue weighted by atomic mass is 28.4. The molecular weight excluding hydrogens is 324 g/mol. The SMILES string of the molecule is CC(=O)C1=C2CCCC[C@H]2[C@@]2(O[Si](C)(C)C(C)(C)C)CCC[C@@]2(C)C1. The smallest absolute Gasteiger partial charge is 0.192 e. The van der Waals surface area contributed by atoms with Crippen molar-refractivity contribution in [1.82, 2.24) is 0 Å². The van der Waals surface area contributed by atoms with Gasteiger partial charge in [-0.3, -0.25) is 4.79 Å². The normalized spacial score (nSPS) is 36.2. The monoisotopic (exact) mass is 362 g/mol. The summed E-state index contributed by atoms with van der Waals surface area (Å²) >= 11 is 0. The maximum Gasteiger partial charge on any atom is 0.192 e. The Morgan fingerprint density at radius 2 is 1.84 bits per heavy atom. The summed E-state index contributed by atoms with van der Waals surface area (Å²) in [7, 11) is -1.87. The molecule has 0 saturated heterocycles. The van der Waals surface area contributed by atoms with Crippen LogP contribution in [0.15, 0.2) is 11.1 Å². The lowest BCUT2D eigenvalue weighted by molar-refractivity contribution is -0.117. The molecule has 0 heterocycles. The van der Waals surface area contributed by atoms with Gasteiger partial charge in [0, 0.05) is 11.3 Å². The van der Waals surface area contributed by atoms with Gasteiger partial charge in [-0.2, -0.15) is 0 Å². The second kappa shape index (κ2) is 6.05. The first-order valence-corrected chi connectivity index (χ1v) is 13.3. The Labute approximate surface area is 155 Å². The summed E-state index contributed by atoms with van der Waals surface area (Å²) in [5.74, 6) is 0.798. The van der Waals surface area contributed by atoms with Crippen molar-refractivity contribution in [2.45, 2.75) is 110 Å². The molecule has 25 heavy (non-hydrogen) atoms. The van der Waals surface area contributed by atoms with Crippen LogP contribution >= 0.6 is 0 Å². The molecule has 3 heteroatoms. The number of rotatable bonds is 3. The fraction of sp³-hybridized carbons (Fsp3) is 0.864. The van der Waals surface area contributed by atoms with E-state index >= 15 is 0 Å². The average molecular weight is 363 g/mol. The van der Waals surface area contributed by atoms with Crippen LogP contribution in [-0.4, -0.2) is 19.7 Å². The third-order valence-electron chi connectivity index (χ3n) is 8.09. The zero-order chi connectivity index (χ0) is 18.7. The van der Waals surface area contributed by atoms with E-state index in [9.17, 15) is 4.79 Å². The summed E-state index contributed by atoms with van der Waals surface area (Å²) in [6.07, 6.45) is 9.47. The second-order valence-corrected chi connectivity index (χ2v) is 15.4. The molecule has 0 amide bonds. The van der Waals surface area contributed by atoms with Crippen molar-refractivity contribution in [3.8, 4) is 0 Å². The number of fused-ring (bicyclic) bond motifs is 3. The number of Topliss-reactive ketones (excluding diaryl/α,β-unsaturated/α-hetero) is 1. The maximum atomic E-state index is 12.4.